The summed E-state index contributed by atoms with van der Waals surface area (Å²) in [6.07, 6.45) is 3.14. The number of hydrogen-bond acceptors (Lipinski definition) is 3. The van der Waals surface area contributed by atoms with Crippen molar-refractivity contribution in [3.05, 3.63) is 36.4 Å². The normalized spacial score (nSPS) is 8.71. The lowest BCUT2D eigenvalue weighted by Crippen LogP contribution is -2.01. The maximum atomic E-state index is 8.84. The average molecular weight is 184 g/mol. The molecule has 0 atom stereocenters. The summed E-state index contributed by atoms with van der Waals surface area (Å²) in [6.45, 7) is 7.57. The Hall–Kier alpha value is -2.33. The third-order valence-electron chi connectivity index (χ3n) is 1.70. The minimum Gasteiger partial charge on any atom is -0.311 e. The van der Waals surface area contributed by atoms with Crippen LogP contribution in [0.25, 0.3) is 6.08 Å². The average Bonchev–Trinajstić information content (AvgIpc) is 2.56. The van der Waals surface area contributed by atoms with Crippen molar-refractivity contribution in [2.45, 2.75) is 6.54 Å². The van der Waals surface area contributed by atoms with E-state index in [1.54, 1.807) is 10.6 Å². The summed E-state index contributed by atoms with van der Waals surface area (Å²) in [5, 5.41) is 17.5. The van der Waals surface area contributed by atoms with E-state index in [0.29, 0.717) is 12.4 Å². The van der Waals surface area contributed by atoms with E-state index in [2.05, 4.69) is 18.1 Å². The van der Waals surface area contributed by atoms with E-state index in [0.717, 1.165) is 0 Å². The van der Waals surface area contributed by atoms with Crippen LogP contribution >= 0.6 is 0 Å². The van der Waals surface area contributed by atoms with Crippen LogP contribution in [0.1, 0.15) is 17.2 Å². The van der Waals surface area contributed by atoms with Crippen LogP contribution < -0.4 is 0 Å². The van der Waals surface area contributed by atoms with Gasteiger partial charge >= 0.3 is 0 Å². The zero-order valence-corrected chi connectivity index (χ0v) is 7.56. The predicted octanol–water partition coefficient (Wildman–Crippen LogP) is 1.46. The fourth-order valence-corrected chi connectivity index (χ4v) is 1.13. The van der Waals surface area contributed by atoms with Crippen LogP contribution in [0.2, 0.25) is 0 Å². The van der Waals surface area contributed by atoms with Gasteiger partial charge in [-0.05, 0) is 6.08 Å². The number of rotatable bonds is 3. The van der Waals surface area contributed by atoms with Crippen LogP contribution in [-0.2, 0) is 6.54 Å². The van der Waals surface area contributed by atoms with Gasteiger partial charge in [0.25, 0.3) is 0 Å². The van der Waals surface area contributed by atoms with Gasteiger partial charge in [-0.25, -0.2) is 4.98 Å². The molecule has 0 bridgehead atoms. The van der Waals surface area contributed by atoms with Crippen LogP contribution in [0.4, 0.5) is 0 Å². The number of aromatic nitrogens is 2. The van der Waals surface area contributed by atoms with Crippen LogP contribution in [0.15, 0.2) is 19.2 Å². The number of hydrogen-bond donors (Lipinski definition) is 0. The Balaban J connectivity index is 3.43. The molecule has 0 saturated carbocycles. The molecule has 0 spiro atoms. The second-order valence-electron chi connectivity index (χ2n) is 2.49. The van der Waals surface area contributed by atoms with Gasteiger partial charge in [0, 0.05) is 6.54 Å². The first-order valence-electron chi connectivity index (χ1n) is 3.92. The molecule has 1 aromatic heterocycles. The molecule has 0 aliphatic rings. The summed E-state index contributed by atoms with van der Waals surface area (Å²) in [7, 11) is 0. The van der Waals surface area contributed by atoms with E-state index in [1.165, 1.54) is 6.08 Å². The van der Waals surface area contributed by atoms with Crippen molar-refractivity contribution >= 4 is 6.08 Å². The first-order valence-corrected chi connectivity index (χ1v) is 3.92. The van der Waals surface area contributed by atoms with Gasteiger partial charge in [-0.3, -0.25) is 0 Å². The van der Waals surface area contributed by atoms with Gasteiger partial charge in [0.1, 0.15) is 18.0 Å². The molecule has 0 fully saturated rings. The molecule has 1 heterocycles. The number of nitriles is 2. The van der Waals surface area contributed by atoms with E-state index >= 15 is 0 Å². The number of allylic oxidation sites excluding steroid dienone is 1. The first-order chi connectivity index (χ1) is 6.78. The Kier molecular flexibility index (Phi) is 2.83. The van der Waals surface area contributed by atoms with Gasteiger partial charge in [-0.2, -0.15) is 10.5 Å². The third-order valence-corrected chi connectivity index (χ3v) is 1.70. The van der Waals surface area contributed by atoms with Crippen LogP contribution in [0.5, 0.6) is 0 Å². The zero-order chi connectivity index (χ0) is 10.6. The second-order valence-corrected chi connectivity index (χ2v) is 2.49. The summed E-state index contributed by atoms with van der Waals surface area (Å²) >= 11 is 0. The van der Waals surface area contributed by atoms with Crippen LogP contribution in [0.3, 0.4) is 0 Å². The Labute approximate surface area is 82.0 Å². The lowest BCUT2D eigenvalue weighted by Gasteiger charge is -2.00. The Morgan fingerprint density at radius 3 is 2.50 bits per heavy atom. The van der Waals surface area contributed by atoms with Gasteiger partial charge < -0.3 is 4.57 Å². The minimum absolute atomic E-state index is 0.129. The molecule has 0 radical (unpaired) electrons. The van der Waals surface area contributed by atoms with Crippen molar-refractivity contribution in [2.24, 2.45) is 0 Å². The smallest absolute Gasteiger partial charge is 0.177 e. The molecule has 0 aromatic carbocycles. The molecule has 0 N–H and O–H groups in total. The van der Waals surface area contributed by atoms with Crippen LogP contribution in [-0.4, -0.2) is 9.55 Å². The molecule has 0 amide bonds. The van der Waals surface area contributed by atoms with Crippen molar-refractivity contribution in [2.75, 3.05) is 0 Å². The zero-order valence-electron chi connectivity index (χ0n) is 7.56. The van der Waals surface area contributed by atoms with E-state index in [9.17, 15) is 0 Å². The van der Waals surface area contributed by atoms with Gasteiger partial charge in [0.2, 0.25) is 0 Å². The topological polar surface area (TPSA) is 65.4 Å². The van der Waals surface area contributed by atoms with Gasteiger partial charge in [0.15, 0.2) is 11.4 Å². The Bertz CT molecular complexity index is 454. The van der Waals surface area contributed by atoms with E-state index in [4.69, 9.17) is 10.5 Å². The van der Waals surface area contributed by atoms with Crippen molar-refractivity contribution in [1.82, 2.24) is 9.55 Å². The molecule has 0 aliphatic carbocycles. The fourth-order valence-electron chi connectivity index (χ4n) is 1.13. The molecule has 68 valence electrons. The van der Waals surface area contributed by atoms with Gasteiger partial charge in [-0.1, -0.05) is 12.7 Å². The molecule has 0 aliphatic heterocycles. The fraction of sp³-hybridized carbons (Fsp3) is 0.100. The molecular formula is C10H8N4. The van der Waals surface area contributed by atoms with E-state index in [-0.39, 0.29) is 11.4 Å². The highest BCUT2D eigenvalue weighted by Crippen LogP contribution is 2.11. The highest BCUT2D eigenvalue weighted by molar-refractivity contribution is 5.47. The van der Waals surface area contributed by atoms with Crippen molar-refractivity contribution in [1.29, 1.82) is 10.5 Å². The Morgan fingerprint density at radius 2 is 2.07 bits per heavy atom. The van der Waals surface area contributed by atoms with Gasteiger partial charge in [-0.15, -0.1) is 6.58 Å². The lowest BCUT2D eigenvalue weighted by atomic mass is 10.3. The maximum Gasteiger partial charge on any atom is 0.177 e. The van der Waals surface area contributed by atoms with E-state index in [1.807, 2.05) is 12.1 Å². The summed E-state index contributed by atoms with van der Waals surface area (Å²) in [6, 6.07) is 3.80. The molecule has 0 saturated heterocycles. The Morgan fingerprint density at radius 1 is 1.36 bits per heavy atom. The number of nitrogens with zero attached hydrogens (tertiary/aromatic N) is 4. The van der Waals surface area contributed by atoms with Crippen LogP contribution in [0, 0.1) is 22.7 Å². The van der Waals surface area contributed by atoms with Crippen molar-refractivity contribution < 1.29 is 0 Å². The summed E-state index contributed by atoms with van der Waals surface area (Å²) in [4.78, 5) is 3.95. The molecule has 4 heteroatoms. The second kappa shape index (κ2) is 4.06. The first kappa shape index (κ1) is 9.76. The predicted molar refractivity (Wildman–Crippen MR) is 51.9 cm³/mol. The third kappa shape index (κ3) is 1.41. The van der Waals surface area contributed by atoms with Gasteiger partial charge in [0.05, 0.1) is 0 Å². The summed E-state index contributed by atoms with van der Waals surface area (Å²) in [5.41, 5.74) is 0.381. The summed E-state index contributed by atoms with van der Waals surface area (Å²) in [5.74, 6) is 0.512. The molecule has 4 nitrogen and oxygen atoms in total. The highest BCUT2D eigenvalue weighted by Gasteiger charge is 2.13. The lowest BCUT2D eigenvalue weighted by molar-refractivity contribution is 0.798. The quantitative estimate of drug-likeness (QED) is 0.668. The van der Waals surface area contributed by atoms with E-state index < -0.39 is 0 Å². The van der Waals surface area contributed by atoms with Crippen molar-refractivity contribution in [3.8, 4) is 12.1 Å². The maximum absolute atomic E-state index is 8.84. The number of imidazole rings is 1. The molecule has 0 unspecified atom stereocenters. The largest absolute Gasteiger partial charge is 0.311 e. The SMILES string of the molecule is C=CCn1c(C=C)nc(C#N)c1C#N. The highest BCUT2D eigenvalue weighted by atomic mass is 15.1. The van der Waals surface area contributed by atoms with Crippen molar-refractivity contribution in [3.63, 3.8) is 0 Å². The molecule has 1 rings (SSSR count). The summed E-state index contributed by atoms with van der Waals surface area (Å²) < 4.78 is 1.60. The molecular weight excluding hydrogens is 176 g/mol. The minimum atomic E-state index is 0.129. The molecule has 14 heavy (non-hydrogen) atoms. The standard InChI is InChI=1S/C10H8N4/c1-3-5-14-9(7-12)8(6-11)13-10(14)4-2/h3-4H,1-2,5H2. The molecule has 1 aromatic rings. The monoisotopic (exact) mass is 184 g/mol.